The number of rotatable bonds is 5. The Bertz CT molecular complexity index is 162. The monoisotopic (exact) mass is 314 g/mol. The fourth-order valence-electron chi connectivity index (χ4n) is 1.04. The summed E-state index contributed by atoms with van der Waals surface area (Å²) in [5.74, 6) is -0.0686. The van der Waals surface area contributed by atoms with Gasteiger partial charge in [-0.3, -0.25) is 4.79 Å². The van der Waals surface area contributed by atoms with Crippen molar-refractivity contribution in [2.45, 2.75) is 47.0 Å². The molecule has 0 fully saturated rings. The van der Waals surface area contributed by atoms with E-state index in [0.29, 0.717) is 5.92 Å². The molecule has 0 aromatic heterocycles. The first-order valence-electron chi connectivity index (χ1n) is 4.65. The minimum Gasteiger partial charge on any atom is -0.481 e. The smallest absolute Gasteiger partial charge is 0.309 e. The molecule has 1 N–H and O–H groups in total. The molecule has 2 nitrogen and oxygen atoms in total. The standard InChI is InChI=1S/C10H20O2.ClH.Pd/c1-5-10(4,9(11)12)7-6-8(2)3;;/h8H,5-7H2,1-4H3,(H,11,12);1H;. The Morgan fingerprint density at radius 2 is 1.86 bits per heavy atom. The van der Waals surface area contributed by atoms with E-state index in [0.717, 1.165) is 19.3 Å². The molecule has 0 bridgehead atoms. The molecule has 0 heterocycles. The molecule has 0 aliphatic heterocycles. The molecule has 0 aromatic rings. The summed E-state index contributed by atoms with van der Waals surface area (Å²) in [4.78, 5) is 10.9. The van der Waals surface area contributed by atoms with E-state index in [4.69, 9.17) is 5.11 Å². The van der Waals surface area contributed by atoms with Crippen molar-refractivity contribution in [3.8, 4) is 0 Å². The molecule has 0 saturated heterocycles. The van der Waals surface area contributed by atoms with E-state index in [-0.39, 0.29) is 32.8 Å². The van der Waals surface area contributed by atoms with E-state index in [2.05, 4.69) is 13.8 Å². The molecule has 90 valence electrons. The molecule has 0 radical (unpaired) electrons. The second-order valence-corrected chi connectivity index (χ2v) is 4.15. The Morgan fingerprint density at radius 1 is 1.43 bits per heavy atom. The fourth-order valence-corrected chi connectivity index (χ4v) is 1.04. The molecule has 0 aliphatic carbocycles. The van der Waals surface area contributed by atoms with Crippen LogP contribution in [-0.2, 0) is 25.2 Å². The number of hydrogen-bond donors (Lipinski definition) is 1. The normalized spacial score (nSPS) is 13.8. The van der Waals surface area contributed by atoms with Crippen LogP contribution in [-0.4, -0.2) is 11.1 Å². The van der Waals surface area contributed by atoms with Crippen molar-refractivity contribution in [3.63, 3.8) is 0 Å². The number of aliphatic carboxylic acids is 1. The molecule has 1 atom stereocenters. The molecule has 1 unspecified atom stereocenters. The summed E-state index contributed by atoms with van der Waals surface area (Å²) in [7, 11) is 0. The third-order valence-corrected chi connectivity index (χ3v) is 2.57. The predicted octanol–water partition coefficient (Wildman–Crippen LogP) is 3.34. The number of carboxylic acids is 1. The van der Waals surface area contributed by atoms with E-state index in [1.165, 1.54) is 0 Å². The van der Waals surface area contributed by atoms with Crippen LogP contribution in [0.15, 0.2) is 0 Å². The quantitative estimate of drug-likeness (QED) is 0.790. The summed E-state index contributed by atoms with van der Waals surface area (Å²) in [5, 5.41) is 8.95. The van der Waals surface area contributed by atoms with Crippen LogP contribution >= 0.6 is 12.4 Å². The second-order valence-electron chi connectivity index (χ2n) is 4.15. The van der Waals surface area contributed by atoms with E-state index in [9.17, 15) is 4.79 Å². The van der Waals surface area contributed by atoms with Gasteiger partial charge in [-0.05, 0) is 32.1 Å². The van der Waals surface area contributed by atoms with Gasteiger partial charge >= 0.3 is 5.97 Å². The third-order valence-electron chi connectivity index (χ3n) is 2.57. The molecule has 0 aliphatic rings. The van der Waals surface area contributed by atoms with Gasteiger partial charge in [0.1, 0.15) is 0 Å². The van der Waals surface area contributed by atoms with Crippen LogP contribution in [0.3, 0.4) is 0 Å². The Labute approximate surface area is 107 Å². The van der Waals surface area contributed by atoms with Crippen LogP contribution in [0, 0.1) is 11.3 Å². The van der Waals surface area contributed by atoms with Crippen LogP contribution < -0.4 is 0 Å². The van der Waals surface area contributed by atoms with E-state index < -0.39 is 11.4 Å². The van der Waals surface area contributed by atoms with Gasteiger partial charge in [-0.2, -0.15) is 0 Å². The molecular weight excluding hydrogens is 294 g/mol. The molecule has 0 saturated carbocycles. The largest absolute Gasteiger partial charge is 0.481 e. The summed E-state index contributed by atoms with van der Waals surface area (Å²) in [6.07, 6.45) is 2.50. The number of carbonyl (C=O) groups is 1. The summed E-state index contributed by atoms with van der Waals surface area (Å²) in [6.45, 7) is 8.02. The van der Waals surface area contributed by atoms with Crippen molar-refractivity contribution >= 4 is 18.4 Å². The number of hydrogen-bond acceptors (Lipinski definition) is 1. The predicted molar refractivity (Wildman–Crippen MR) is 57.4 cm³/mol. The minimum atomic E-state index is -0.661. The molecule has 0 amide bonds. The maximum absolute atomic E-state index is 10.9. The zero-order valence-electron chi connectivity index (χ0n) is 9.28. The van der Waals surface area contributed by atoms with Crippen molar-refractivity contribution in [1.29, 1.82) is 0 Å². The average molecular weight is 315 g/mol. The first-order chi connectivity index (χ1) is 5.42. The average Bonchev–Trinajstić information content (AvgIpc) is 1.99. The minimum absolute atomic E-state index is 0. The van der Waals surface area contributed by atoms with Gasteiger partial charge in [-0.25, -0.2) is 0 Å². The van der Waals surface area contributed by atoms with Gasteiger partial charge in [0.2, 0.25) is 0 Å². The Balaban J connectivity index is -0.000000605. The van der Waals surface area contributed by atoms with Gasteiger partial charge in [0.25, 0.3) is 0 Å². The zero-order chi connectivity index (χ0) is 9.78. The van der Waals surface area contributed by atoms with Gasteiger partial charge in [0.15, 0.2) is 0 Å². The summed E-state index contributed by atoms with van der Waals surface area (Å²) < 4.78 is 0. The first-order valence-corrected chi connectivity index (χ1v) is 4.65. The van der Waals surface area contributed by atoms with E-state index in [1.807, 2.05) is 13.8 Å². The topological polar surface area (TPSA) is 37.3 Å². The Kier molecular flexibility index (Phi) is 12.4. The van der Waals surface area contributed by atoms with Crippen molar-refractivity contribution in [3.05, 3.63) is 0 Å². The molecule has 0 spiro atoms. The van der Waals surface area contributed by atoms with Crippen LogP contribution in [0.4, 0.5) is 0 Å². The van der Waals surface area contributed by atoms with Gasteiger partial charge < -0.3 is 5.11 Å². The summed E-state index contributed by atoms with van der Waals surface area (Å²) in [6, 6.07) is 0. The zero-order valence-corrected chi connectivity index (χ0v) is 11.6. The van der Waals surface area contributed by atoms with Crippen molar-refractivity contribution in [2.75, 3.05) is 0 Å². The fraction of sp³-hybridized carbons (Fsp3) is 0.900. The van der Waals surface area contributed by atoms with Crippen LogP contribution in [0.2, 0.25) is 0 Å². The Hall–Kier alpha value is 0.422. The van der Waals surface area contributed by atoms with E-state index >= 15 is 0 Å². The molecular formula is C10H21ClO2Pd. The molecule has 14 heavy (non-hydrogen) atoms. The number of carboxylic acid groups (broad SMARTS) is 1. The third kappa shape index (κ3) is 6.81. The second kappa shape index (κ2) is 8.71. The van der Waals surface area contributed by atoms with Gasteiger partial charge in [-0.15, -0.1) is 12.4 Å². The maximum atomic E-state index is 10.9. The van der Waals surface area contributed by atoms with Crippen molar-refractivity contribution < 1.29 is 30.3 Å². The first kappa shape index (κ1) is 19.9. The summed E-state index contributed by atoms with van der Waals surface area (Å²) in [5.41, 5.74) is -0.510. The SMILES string of the molecule is CCC(C)(CCC(C)C)C(=O)O.Cl.[Pd]. The van der Waals surface area contributed by atoms with Crippen molar-refractivity contribution in [1.82, 2.24) is 0 Å². The van der Waals surface area contributed by atoms with E-state index in [1.54, 1.807) is 0 Å². The molecule has 0 aromatic carbocycles. The van der Waals surface area contributed by atoms with Gasteiger partial charge in [0.05, 0.1) is 5.41 Å². The van der Waals surface area contributed by atoms with Gasteiger partial charge in [-0.1, -0.05) is 20.8 Å². The van der Waals surface area contributed by atoms with Gasteiger partial charge in [0, 0.05) is 20.4 Å². The van der Waals surface area contributed by atoms with Crippen LogP contribution in [0.1, 0.15) is 47.0 Å². The van der Waals surface area contributed by atoms with Crippen molar-refractivity contribution in [2.24, 2.45) is 11.3 Å². The summed E-state index contributed by atoms with van der Waals surface area (Å²) >= 11 is 0. The maximum Gasteiger partial charge on any atom is 0.309 e. The molecule has 4 heteroatoms. The van der Waals surface area contributed by atoms with Crippen LogP contribution in [0.25, 0.3) is 0 Å². The van der Waals surface area contributed by atoms with Crippen LogP contribution in [0.5, 0.6) is 0 Å². The Morgan fingerprint density at radius 3 is 2.07 bits per heavy atom. The molecule has 0 rings (SSSR count). The number of halogens is 1.